The number of rotatable bonds is 6. The Bertz CT molecular complexity index is 379. The van der Waals surface area contributed by atoms with Crippen molar-refractivity contribution in [2.24, 2.45) is 0 Å². The fourth-order valence-electron chi connectivity index (χ4n) is 1.39. The molecule has 0 bridgehead atoms. The molecule has 0 aliphatic heterocycles. The van der Waals surface area contributed by atoms with E-state index in [-0.39, 0.29) is 5.91 Å². The molecule has 0 aliphatic carbocycles. The minimum absolute atomic E-state index is 0.0631. The van der Waals surface area contributed by atoms with Gasteiger partial charge >= 0.3 is 6.09 Å². The molecule has 2 N–H and O–H groups in total. The fourth-order valence-corrected chi connectivity index (χ4v) is 1.39. The zero-order valence-electron chi connectivity index (χ0n) is 10.4. The first kappa shape index (κ1) is 14.0. The van der Waals surface area contributed by atoms with Crippen molar-refractivity contribution in [1.29, 1.82) is 0 Å². The van der Waals surface area contributed by atoms with Gasteiger partial charge in [0.2, 0.25) is 5.91 Å². The van der Waals surface area contributed by atoms with Crippen molar-refractivity contribution in [3.63, 3.8) is 0 Å². The maximum atomic E-state index is 11.5. The van der Waals surface area contributed by atoms with Crippen LogP contribution in [0, 0.1) is 0 Å². The lowest BCUT2D eigenvalue weighted by Gasteiger charge is -2.07. The van der Waals surface area contributed by atoms with Crippen molar-refractivity contribution >= 4 is 12.0 Å². The van der Waals surface area contributed by atoms with Crippen molar-refractivity contribution in [2.75, 3.05) is 19.7 Å². The summed E-state index contributed by atoms with van der Waals surface area (Å²) < 4.78 is 4.68. The number of alkyl carbamates (subject to hydrolysis) is 1. The molecule has 0 spiro atoms. The zero-order chi connectivity index (χ0) is 13.2. The Balaban J connectivity index is 2.12. The van der Waals surface area contributed by atoms with Crippen molar-refractivity contribution < 1.29 is 14.3 Å². The van der Waals surface area contributed by atoms with Crippen LogP contribution in [0.1, 0.15) is 12.5 Å². The molecule has 0 aliphatic rings. The molecule has 0 fully saturated rings. The molecule has 5 nitrogen and oxygen atoms in total. The summed E-state index contributed by atoms with van der Waals surface area (Å²) >= 11 is 0. The highest BCUT2D eigenvalue weighted by Crippen LogP contribution is 1.98. The monoisotopic (exact) mass is 250 g/mol. The molecule has 0 saturated carbocycles. The van der Waals surface area contributed by atoms with E-state index < -0.39 is 6.09 Å². The summed E-state index contributed by atoms with van der Waals surface area (Å²) in [6.45, 7) is 2.83. The topological polar surface area (TPSA) is 67.4 Å². The Morgan fingerprint density at radius 2 is 1.78 bits per heavy atom. The van der Waals surface area contributed by atoms with Crippen molar-refractivity contribution in [3.05, 3.63) is 35.9 Å². The second-order valence-electron chi connectivity index (χ2n) is 3.66. The number of benzene rings is 1. The molecule has 1 aromatic rings. The number of carbonyl (C=O) groups is 2. The fraction of sp³-hybridized carbons (Fsp3) is 0.385. The molecule has 18 heavy (non-hydrogen) atoms. The molecular weight excluding hydrogens is 232 g/mol. The van der Waals surface area contributed by atoms with Crippen LogP contribution in [0.25, 0.3) is 0 Å². The van der Waals surface area contributed by atoms with Crippen molar-refractivity contribution in [1.82, 2.24) is 10.6 Å². The predicted molar refractivity (Wildman–Crippen MR) is 68.2 cm³/mol. The largest absolute Gasteiger partial charge is 0.450 e. The first-order chi connectivity index (χ1) is 8.72. The van der Waals surface area contributed by atoms with Crippen LogP contribution in [-0.4, -0.2) is 31.7 Å². The number of ether oxygens (including phenoxy) is 1. The highest BCUT2D eigenvalue weighted by molar-refractivity contribution is 5.78. The van der Waals surface area contributed by atoms with E-state index in [0.717, 1.165) is 5.56 Å². The Hall–Kier alpha value is -2.04. The lowest BCUT2D eigenvalue weighted by atomic mass is 10.1. The molecule has 0 unspecified atom stereocenters. The van der Waals surface area contributed by atoms with Crippen LogP contribution in [0.2, 0.25) is 0 Å². The van der Waals surface area contributed by atoms with Gasteiger partial charge in [0.25, 0.3) is 0 Å². The number of nitrogens with one attached hydrogen (secondary N) is 2. The van der Waals surface area contributed by atoms with Crippen LogP contribution in [0.15, 0.2) is 30.3 Å². The summed E-state index contributed by atoms with van der Waals surface area (Å²) in [5.74, 6) is -0.0631. The summed E-state index contributed by atoms with van der Waals surface area (Å²) in [6.07, 6.45) is -0.116. The molecule has 1 rings (SSSR count). The van der Waals surface area contributed by atoms with E-state index >= 15 is 0 Å². The van der Waals surface area contributed by atoms with Gasteiger partial charge in [-0.2, -0.15) is 0 Å². The predicted octanol–water partition coefficient (Wildman–Crippen LogP) is 1.09. The highest BCUT2D eigenvalue weighted by atomic mass is 16.5. The highest BCUT2D eigenvalue weighted by Gasteiger charge is 2.03. The molecule has 0 saturated heterocycles. The smallest absolute Gasteiger partial charge is 0.407 e. The molecule has 0 atom stereocenters. The van der Waals surface area contributed by atoms with Crippen LogP contribution in [-0.2, 0) is 16.0 Å². The Morgan fingerprint density at radius 1 is 1.11 bits per heavy atom. The van der Waals surface area contributed by atoms with Crippen LogP contribution in [0.3, 0.4) is 0 Å². The molecule has 0 radical (unpaired) electrons. The van der Waals surface area contributed by atoms with E-state index in [1.807, 2.05) is 30.3 Å². The Morgan fingerprint density at radius 3 is 2.44 bits per heavy atom. The Kier molecular flexibility index (Phi) is 6.32. The van der Waals surface area contributed by atoms with Gasteiger partial charge < -0.3 is 15.4 Å². The lowest BCUT2D eigenvalue weighted by molar-refractivity contribution is -0.120. The van der Waals surface area contributed by atoms with E-state index in [4.69, 9.17) is 0 Å². The summed E-state index contributed by atoms with van der Waals surface area (Å²) in [5, 5.41) is 5.25. The van der Waals surface area contributed by atoms with Gasteiger partial charge in [-0.15, -0.1) is 0 Å². The van der Waals surface area contributed by atoms with Crippen LogP contribution >= 0.6 is 0 Å². The van der Waals surface area contributed by atoms with Crippen LogP contribution < -0.4 is 10.6 Å². The molecule has 5 heteroatoms. The number of amides is 2. The van der Waals surface area contributed by atoms with Gasteiger partial charge in [0.15, 0.2) is 0 Å². The van der Waals surface area contributed by atoms with Gasteiger partial charge in [0, 0.05) is 13.1 Å². The van der Waals surface area contributed by atoms with Gasteiger partial charge in [-0.3, -0.25) is 4.79 Å². The normalized spacial score (nSPS) is 9.61. The van der Waals surface area contributed by atoms with Gasteiger partial charge in [0.1, 0.15) is 0 Å². The average Bonchev–Trinajstić information content (AvgIpc) is 2.36. The van der Waals surface area contributed by atoms with Crippen molar-refractivity contribution in [3.8, 4) is 0 Å². The van der Waals surface area contributed by atoms with E-state index in [0.29, 0.717) is 26.1 Å². The molecule has 1 aromatic carbocycles. The summed E-state index contributed by atoms with van der Waals surface area (Å²) in [6, 6.07) is 9.49. The third-order valence-electron chi connectivity index (χ3n) is 2.20. The second-order valence-corrected chi connectivity index (χ2v) is 3.66. The summed E-state index contributed by atoms with van der Waals surface area (Å²) in [4.78, 5) is 22.5. The maximum absolute atomic E-state index is 11.5. The lowest BCUT2D eigenvalue weighted by Crippen LogP contribution is -2.35. The third kappa shape index (κ3) is 5.89. The van der Waals surface area contributed by atoms with Crippen LogP contribution in [0.4, 0.5) is 4.79 Å². The van der Waals surface area contributed by atoms with Gasteiger partial charge in [0.05, 0.1) is 13.0 Å². The first-order valence-corrected chi connectivity index (χ1v) is 5.93. The van der Waals surface area contributed by atoms with E-state index in [9.17, 15) is 9.59 Å². The van der Waals surface area contributed by atoms with Gasteiger partial charge in [-0.25, -0.2) is 4.79 Å². The van der Waals surface area contributed by atoms with Crippen molar-refractivity contribution in [2.45, 2.75) is 13.3 Å². The van der Waals surface area contributed by atoms with E-state index in [2.05, 4.69) is 15.4 Å². The number of hydrogen-bond acceptors (Lipinski definition) is 3. The third-order valence-corrected chi connectivity index (χ3v) is 2.20. The maximum Gasteiger partial charge on any atom is 0.407 e. The Labute approximate surface area is 107 Å². The number of carbonyl (C=O) groups excluding carboxylic acids is 2. The SMILES string of the molecule is CCOC(=O)NCCNC(=O)Cc1ccccc1. The van der Waals surface area contributed by atoms with Gasteiger partial charge in [-0.1, -0.05) is 30.3 Å². The minimum atomic E-state index is -0.463. The molecule has 2 amide bonds. The first-order valence-electron chi connectivity index (χ1n) is 5.93. The molecule has 0 heterocycles. The molecule has 98 valence electrons. The quantitative estimate of drug-likeness (QED) is 0.743. The number of hydrogen-bond donors (Lipinski definition) is 2. The van der Waals surface area contributed by atoms with Gasteiger partial charge in [-0.05, 0) is 12.5 Å². The summed E-state index contributed by atoms with van der Waals surface area (Å²) in [7, 11) is 0. The molecule has 0 aromatic heterocycles. The standard InChI is InChI=1S/C13H18N2O3/c1-2-18-13(17)15-9-8-14-12(16)10-11-6-4-3-5-7-11/h3-7H,2,8-10H2,1H3,(H,14,16)(H,15,17). The molecular formula is C13H18N2O3. The van der Waals surface area contributed by atoms with E-state index in [1.54, 1.807) is 6.92 Å². The summed E-state index contributed by atoms with van der Waals surface area (Å²) in [5.41, 5.74) is 0.966. The minimum Gasteiger partial charge on any atom is -0.450 e. The van der Waals surface area contributed by atoms with E-state index in [1.165, 1.54) is 0 Å². The second kappa shape index (κ2) is 8.11. The van der Waals surface area contributed by atoms with Crippen LogP contribution in [0.5, 0.6) is 0 Å². The zero-order valence-corrected chi connectivity index (χ0v) is 10.4. The average molecular weight is 250 g/mol.